The number of hydrogen-bond donors (Lipinski definition) is 1. The van der Waals surface area contributed by atoms with Gasteiger partial charge >= 0.3 is 0 Å². The number of aliphatic hydroxyl groups is 1. The highest BCUT2D eigenvalue weighted by atomic mass is 31.2. The summed E-state index contributed by atoms with van der Waals surface area (Å²) in [6.45, 7) is 2.88. The number of carbonyl (C=O) groups excluding carboxylic acids is 1. The summed E-state index contributed by atoms with van der Waals surface area (Å²) in [5.74, 6) is -1.13. The summed E-state index contributed by atoms with van der Waals surface area (Å²) in [7, 11) is -1.93. The Labute approximate surface area is 94.7 Å². The molecule has 0 fully saturated rings. The Morgan fingerprint density at radius 1 is 1.38 bits per heavy atom. The van der Waals surface area contributed by atoms with Gasteiger partial charge in [0.15, 0.2) is 5.78 Å². The van der Waals surface area contributed by atoms with Crippen molar-refractivity contribution < 1.29 is 19.0 Å². The molecule has 0 amide bonds. The van der Waals surface area contributed by atoms with E-state index in [1.165, 1.54) is 21.0 Å². The Bertz CT molecular complexity index is 422. The first-order chi connectivity index (χ1) is 7.41. The molecule has 2 atom stereocenters. The van der Waals surface area contributed by atoms with E-state index in [2.05, 4.69) is 0 Å². The van der Waals surface area contributed by atoms with Gasteiger partial charge in [-0.1, -0.05) is 12.1 Å². The molecule has 0 spiro atoms. The summed E-state index contributed by atoms with van der Waals surface area (Å²) in [5, 5.41) is 9.86. The molecule has 1 aromatic carbocycles. The summed E-state index contributed by atoms with van der Waals surface area (Å²) >= 11 is 0. The van der Waals surface area contributed by atoms with Gasteiger partial charge in [0.25, 0.3) is 7.37 Å². The van der Waals surface area contributed by atoms with Crippen LogP contribution in [0, 0.1) is 0 Å². The average molecular weight is 242 g/mol. The zero-order valence-corrected chi connectivity index (χ0v) is 10.4. The summed E-state index contributed by atoms with van der Waals surface area (Å²) in [6.07, 6.45) is 0. The number of hydrogen-bond acceptors (Lipinski definition) is 4. The fraction of sp³-hybridized carbons (Fsp3) is 0.364. The van der Waals surface area contributed by atoms with Crippen LogP contribution in [0.25, 0.3) is 0 Å². The number of aliphatic hydroxyl groups excluding tert-OH is 1. The highest BCUT2D eigenvalue weighted by Gasteiger charge is 2.30. The standard InChI is InChI=1S/C11H15O4P/c1-8(12)10-4-6-11(7-5-10)16(14,15-3)9(2)13/h4-7,9,13H,1-3H3. The predicted molar refractivity (Wildman–Crippen MR) is 62.4 cm³/mol. The molecule has 16 heavy (non-hydrogen) atoms. The Balaban J connectivity index is 3.14. The SMILES string of the molecule is COP(=O)(c1ccc(C(C)=O)cc1)C(C)O. The predicted octanol–water partition coefficient (Wildman–Crippen LogP) is 1.78. The van der Waals surface area contributed by atoms with Crippen molar-refractivity contribution in [3.8, 4) is 0 Å². The summed E-state index contributed by atoms with van der Waals surface area (Å²) in [5.41, 5.74) is 0.539. The van der Waals surface area contributed by atoms with Gasteiger partial charge in [-0.15, -0.1) is 0 Å². The second-order valence-electron chi connectivity index (χ2n) is 3.51. The minimum absolute atomic E-state index is 0.0594. The van der Waals surface area contributed by atoms with Gasteiger partial charge in [0, 0.05) is 18.0 Å². The Morgan fingerprint density at radius 3 is 2.19 bits per heavy atom. The largest absolute Gasteiger partial charge is 0.383 e. The second kappa shape index (κ2) is 4.91. The number of rotatable bonds is 4. The van der Waals surface area contributed by atoms with Crippen molar-refractivity contribution in [2.24, 2.45) is 0 Å². The minimum Gasteiger partial charge on any atom is -0.383 e. The molecule has 0 bridgehead atoms. The maximum Gasteiger partial charge on any atom is 0.259 e. The molecule has 0 aromatic heterocycles. The van der Waals surface area contributed by atoms with E-state index in [1.807, 2.05) is 0 Å². The number of ketones is 1. The normalized spacial score (nSPS) is 16.5. The van der Waals surface area contributed by atoms with Gasteiger partial charge in [0.1, 0.15) is 5.85 Å². The minimum atomic E-state index is -3.23. The lowest BCUT2D eigenvalue weighted by atomic mass is 10.2. The third-order valence-corrected chi connectivity index (χ3v) is 4.94. The maximum absolute atomic E-state index is 12.2. The molecule has 0 aliphatic carbocycles. The smallest absolute Gasteiger partial charge is 0.259 e. The van der Waals surface area contributed by atoms with Gasteiger partial charge < -0.3 is 9.63 Å². The van der Waals surface area contributed by atoms with Crippen LogP contribution in [0.5, 0.6) is 0 Å². The van der Waals surface area contributed by atoms with Crippen LogP contribution < -0.4 is 5.30 Å². The molecule has 1 N–H and O–H groups in total. The van der Waals surface area contributed by atoms with Gasteiger partial charge in [-0.25, -0.2) is 0 Å². The first-order valence-electron chi connectivity index (χ1n) is 4.87. The van der Waals surface area contributed by atoms with Crippen LogP contribution in [-0.4, -0.2) is 23.8 Å². The van der Waals surface area contributed by atoms with Crippen molar-refractivity contribution in [1.29, 1.82) is 0 Å². The van der Waals surface area contributed by atoms with Crippen molar-refractivity contribution in [3.63, 3.8) is 0 Å². The van der Waals surface area contributed by atoms with Crippen LogP contribution >= 0.6 is 7.37 Å². The Hall–Kier alpha value is -0.960. The van der Waals surface area contributed by atoms with E-state index >= 15 is 0 Å². The van der Waals surface area contributed by atoms with Gasteiger partial charge in [-0.3, -0.25) is 9.36 Å². The van der Waals surface area contributed by atoms with E-state index in [9.17, 15) is 14.5 Å². The maximum atomic E-state index is 12.2. The molecule has 0 saturated heterocycles. The van der Waals surface area contributed by atoms with Crippen LogP contribution in [0.1, 0.15) is 24.2 Å². The van der Waals surface area contributed by atoms with Crippen molar-refractivity contribution in [2.45, 2.75) is 19.7 Å². The van der Waals surface area contributed by atoms with Crippen molar-refractivity contribution >= 4 is 18.5 Å². The molecule has 1 aromatic rings. The molecule has 0 saturated carbocycles. The van der Waals surface area contributed by atoms with Gasteiger partial charge in [-0.2, -0.15) is 0 Å². The van der Waals surface area contributed by atoms with E-state index < -0.39 is 13.2 Å². The van der Waals surface area contributed by atoms with Crippen molar-refractivity contribution in [3.05, 3.63) is 29.8 Å². The molecule has 1 rings (SSSR count). The molecular weight excluding hydrogens is 227 g/mol. The highest BCUT2D eigenvalue weighted by Crippen LogP contribution is 2.48. The number of Topliss-reactive ketones (excluding diaryl/α,β-unsaturated/α-hetero) is 1. The van der Waals surface area contributed by atoms with E-state index in [4.69, 9.17) is 4.52 Å². The molecule has 0 radical (unpaired) electrons. The zero-order valence-electron chi connectivity index (χ0n) is 9.51. The topological polar surface area (TPSA) is 63.6 Å². The van der Waals surface area contributed by atoms with Crippen LogP contribution in [0.2, 0.25) is 0 Å². The molecule has 0 aliphatic rings. The number of carbonyl (C=O) groups is 1. The number of benzene rings is 1. The fourth-order valence-corrected chi connectivity index (χ4v) is 2.89. The Kier molecular flexibility index (Phi) is 4.03. The molecule has 0 heterocycles. The lowest BCUT2D eigenvalue weighted by Crippen LogP contribution is -2.16. The van der Waals surface area contributed by atoms with E-state index in [-0.39, 0.29) is 5.78 Å². The molecule has 2 unspecified atom stereocenters. The quantitative estimate of drug-likeness (QED) is 0.645. The molecule has 88 valence electrons. The molecular formula is C11H15O4P. The molecule has 5 heteroatoms. The summed E-state index contributed by atoms with van der Waals surface area (Å²) in [6, 6.07) is 6.25. The van der Waals surface area contributed by atoms with Crippen LogP contribution in [0.4, 0.5) is 0 Å². The summed E-state index contributed by atoms with van der Waals surface area (Å²) in [4.78, 5) is 11.1. The highest BCUT2D eigenvalue weighted by molar-refractivity contribution is 7.67. The first kappa shape index (κ1) is 13.1. The Morgan fingerprint density at radius 2 is 1.88 bits per heavy atom. The summed E-state index contributed by atoms with van der Waals surface area (Å²) < 4.78 is 17.1. The third kappa shape index (κ3) is 2.40. The van der Waals surface area contributed by atoms with Crippen LogP contribution in [0.3, 0.4) is 0 Å². The van der Waals surface area contributed by atoms with E-state index in [0.29, 0.717) is 10.9 Å². The second-order valence-corrected chi connectivity index (χ2v) is 6.34. The molecule has 0 aliphatic heterocycles. The van der Waals surface area contributed by atoms with Gasteiger partial charge in [0.05, 0.1) is 0 Å². The van der Waals surface area contributed by atoms with Crippen molar-refractivity contribution in [1.82, 2.24) is 0 Å². The third-order valence-electron chi connectivity index (χ3n) is 2.40. The van der Waals surface area contributed by atoms with E-state index in [0.717, 1.165) is 0 Å². The average Bonchev–Trinajstić information content (AvgIpc) is 2.27. The monoisotopic (exact) mass is 242 g/mol. The fourth-order valence-electron chi connectivity index (χ4n) is 1.38. The lowest BCUT2D eigenvalue weighted by molar-refractivity contribution is 0.101. The van der Waals surface area contributed by atoms with Crippen LogP contribution in [0.15, 0.2) is 24.3 Å². The van der Waals surface area contributed by atoms with Gasteiger partial charge in [-0.05, 0) is 26.0 Å². The van der Waals surface area contributed by atoms with E-state index in [1.54, 1.807) is 24.3 Å². The lowest BCUT2D eigenvalue weighted by Gasteiger charge is -2.19. The molecule has 4 nitrogen and oxygen atoms in total. The van der Waals surface area contributed by atoms with Crippen molar-refractivity contribution in [2.75, 3.05) is 7.11 Å². The first-order valence-corrected chi connectivity index (χ1v) is 6.56. The van der Waals surface area contributed by atoms with Crippen LogP contribution in [-0.2, 0) is 9.09 Å². The zero-order chi connectivity index (χ0) is 12.3. The van der Waals surface area contributed by atoms with Gasteiger partial charge in [0.2, 0.25) is 0 Å².